The Morgan fingerprint density at radius 2 is 1.75 bits per heavy atom. The molecule has 0 aliphatic carbocycles. The third-order valence-electron chi connectivity index (χ3n) is 1.79. The third kappa shape index (κ3) is 1.67. The van der Waals surface area contributed by atoms with E-state index in [1.54, 1.807) is 0 Å². The van der Waals surface area contributed by atoms with Gasteiger partial charge in [-0.15, -0.1) is 0 Å². The van der Waals surface area contributed by atoms with Gasteiger partial charge in [0.2, 0.25) is 0 Å². The number of nitrogens with two attached hydrogens (primary N) is 1. The van der Waals surface area contributed by atoms with Crippen LogP contribution in [-0.4, -0.2) is 22.1 Å². The van der Waals surface area contributed by atoms with Crippen LogP contribution in [-0.2, 0) is 0 Å². The second-order valence-electron chi connectivity index (χ2n) is 2.39. The van der Waals surface area contributed by atoms with Gasteiger partial charge in [-0.3, -0.25) is 20.2 Å². The maximum absolute atomic E-state index is 10.4. The van der Waals surface area contributed by atoms with Gasteiger partial charge in [-0.25, -0.2) is 0 Å². The molecule has 0 heterocycles. The van der Waals surface area contributed by atoms with Gasteiger partial charge in [0.15, 0.2) is 0 Å². The summed E-state index contributed by atoms with van der Waals surface area (Å²) in [7, 11) is 0. The van der Waals surface area contributed by atoms with Crippen LogP contribution in [0.25, 0.3) is 0 Å². The van der Waals surface area contributed by atoms with Crippen LogP contribution < -0.4 is 5.73 Å². The Balaban J connectivity index is 4.76. The molecule has 0 amide bonds. The first-order valence-electron chi connectivity index (χ1n) is 3.50. The van der Waals surface area contributed by atoms with Crippen molar-refractivity contribution in [2.45, 2.75) is 25.4 Å². The zero-order valence-electron chi connectivity index (χ0n) is 6.73. The first-order chi connectivity index (χ1) is 5.51. The van der Waals surface area contributed by atoms with Gasteiger partial charge in [-0.05, 0) is 0 Å². The third-order valence-corrected chi connectivity index (χ3v) is 1.79. The molecule has 7 heteroatoms. The first kappa shape index (κ1) is 10.8. The number of hydrogen-bond acceptors (Lipinski definition) is 5. The molecule has 0 aliphatic rings. The summed E-state index contributed by atoms with van der Waals surface area (Å²) in [5, 5.41) is 20.8. The van der Waals surface area contributed by atoms with E-state index in [4.69, 9.17) is 5.73 Å². The minimum Gasteiger partial charge on any atom is -0.330 e. The van der Waals surface area contributed by atoms with Gasteiger partial charge < -0.3 is 5.73 Å². The topological polar surface area (TPSA) is 112 Å². The molecule has 70 valence electrons. The molecule has 0 fully saturated rings. The molecule has 0 saturated carbocycles. The Kier molecular flexibility index (Phi) is 3.55. The molecule has 2 N–H and O–H groups in total. The van der Waals surface area contributed by atoms with Crippen molar-refractivity contribution in [3.63, 3.8) is 0 Å². The predicted octanol–water partition coefficient (Wildman–Crippen LogP) is -0.00510. The van der Waals surface area contributed by atoms with E-state index in [1.807, 2.05) is 0 Å². The SMILES string of the molecule is CCC(CCN)([N+](=O)[O-])[N+](=O)[O-]. The smallest absolute Gasteiger partial charge is 0.330 e. The van der Waals surface area contributed by atoms with E-state index in [9.17, 15) is 20.2 Å². The van der Waals surface area contributed by atoms with Gasteiger partial charge in [-0.2, -0.15) is 0 Å². The van der Waals surface area contributed by atoms with Crippen molar-refractivity contribution in [3.8, 4) is 0 Å². The standard InChI is InChI=1S/C5H11N3O4/c1-2-5(3-4-6,7(9)10)8(11)12/h2-4,6H2,1H3. The van der Waals surface area contributed by atoms with Crippen molar-refractivity contribution in [2.75, 3.05) is 6.54 Å². The van der Waals surface area contributed by atoms with Crippen LogP contribution in [0.15, 0.2) is 0 Å². The molecule has 0 aromatic rings. The van der Waals surface area contributed by atoms with Crippen LogP contribution >= 0.6 is 0 Å². The van der Waals surface area contributed by atoms with Gasteiger partial charge in [0.05, 0.1) is 16.3 Å². The summed E-state index contributed by atoms with van der Waals surface area (Å²) in [5.41, 5.74) is 2.97. The van der Waals surface area contributed by atoms with E-state index in [1.165, 1.54) is 6.92 Å². The lowest BCUT2D eigenvalue weighted by Crippen LogP contribution is -2.47. The highest BCUT2D eigenvalue weighted by Crippen LogP contribution is 2.19. The summed E-state index contributed by atoms with van der Waals surface area (Å²) in [6.45, 7) is 1.34. The number of rotatable bonds is 5. The highest BCUT2D eigenvalue weighted by atomic mass is 16.7. The average molecular weight is 177 g/mol. The van der Waals surface area contributed by atoms with E-state index in [2.05, 4.69) is 0 Å². The molecule has 0 atom stereocenters. The molecule has 0 aliphatic heterocycles. The summed E-state index contributed by atoms with van der Waals surface area (Å²) in [6.07, 6.45) is -0.381. The fraction of sp³-hybridized carbons (Fsp3) is 1.00. The summed E-state index contributed by atoms with van der Waals surface area (Å²) >= 11 is 0. The van der Waals surface area contributed by atoms with Crippen molar-refractivity contribution in [1.82, 2.24) is 0 Å². The van der Waals surface area contributed by atoms with Gasteiger partial charge in [0.1, 0.15) is 6.42 Å². The summed E-state index contributed by atoms with van der Waals surface area (Å²) in [5.74, 6) is 0. The summed E-state index contributed by atoms with van der Waals surface area (Å²) < 4.78 is 0. The first-order valence-corrected chi connectivity index (χ1v) is 3.50. The van der Waals surface area contributed by atoms with Crippen molar-refractivity contribution < 1.29 is 9.85 Å². The molecule has 0 saturated heterocycles. The van der Waals surface area contributed by atoms with Crippen molar-refractivity contribution in [1.29, 1.82) is 0 Å². The van der Waals surface area contributed by atoms with Crippen molar-refractivity contribution >= 4 is 0 Å². The number of nitrogens with zero attached hydrogens (tertiary/aromatic N) is 2. The highest BCUT2D eigenvalue weighted by Gasteiger charge is 2.53. The van der Waals surface area contributed by atoms with Crippen LogP contribution in [0.3, 0.4) is 0 Å². The fourth-order valence-corrected chi connectivity index (χ4v) is 0.915. The monoisotopic (exact) mass is 177 g/mol. The van der Waals surface area contributed by atoms with E-state index < -0.39 is 15.5 Å². The summed E-state index contributed by atoms with van der Waals surface area (Å²) in [4.78, 5) is 19.0. The molecule has 0 aromatic heterocycles. The lowest BCUT2D eigenvalue weighted by molar-refractivity contribution is -0.797. The Labute approximate surface area is 68.8 Å². The highest BCUT2D eigenvalue weighted by molar-refractivity contribution is 4.65. The Hall–Kier alpha value is -1.24. The number of nitro groups is 2. The molecular weight excluding hydrogens is 166 g/mol. The van der Waals surface area contributed by atoms with Gasteiger partial charge in [0.25, 0.3) is 0 Å². The second-order valence-corrected chi connectivity index (χ2v) is 2.39. The van der Waals surface area contributed by atoms with E-state index >= 15 is 0 Å². The molecule has 0 spiro atoms. The minimum absolute atomic E-state index is 0.0597. The zero-order valence-corrected chi connectivity index (χ0v) is 6.73. The Morgan fingerprint density at radius 3 is 1.83 bits per heavy atom. The molecule has 12 heavy (non-hydrogen) atoms. The van der Waals surface area contributed by atoms with Crippen LogP contribution in [0.2, 0.25) is 0 Å². The molecular formula is C5H11N3O4. The van der Waals surface area contributed by atoms with Crippen LogP contribution in [0.1, 0.15) is 19.8 Å². The number of hydrogen-bond donors (Lipinski definition) is 1. The summed E-state index contributed by atoms with van der Waals surface area (Å²) in [6, 6.07) is 0. The van der Waals surface area contributed by atoms with E-state index in [-0.39, 0.29) is 19.4 Å². The molecule has 0 radical (unpaired) electrons. The lowest BCUT2D eigenvalue weighted by atomic mass is 10.1. The maximum atomic E-state index is 10.4. The van der Waals surface area contributed by atoms with Crippen molar-refractivity contribution in [3.05, 3.63) is 20.2 Å². The Morgan fingerprint density at radius 1 is 1.33 bits per heavy atom. The maximum Gasteiger partial charge on any atom is 0.459 e. The largest absolute Gasteiger partial charge is 0.459 e. The molecule has 0 rings (SSSR count). The normalized spacial score (nSPS) is 11.2. The fourth-order valence-electron chi connectivity index (χ4n) is 0.915. The minimum atomic E-state index is -2.09. The van der Waals surface area contributed by atoms with Crippen molar-refractivity contribution in [2.24, 2.45) is 5.73 Å². The van der Waals surface area contributed by atoms with E-state index in [0.29, 0.717) is 0 Å². The molecule has 0 bridgehead atoms. The van der Waals surface area contributed by atoms with Gasteiger partial charge in [0, 0.05) is 6.54 Å². The quantitative estimate of drug-likeness (QED) is 0.360. The Bertz CT molecular complexity index is 179. The van der Waals surface area contributed by atoms with Crippen LogP contribution in [0, 0.1) is 20.2 Å². The van der Waals surface area contributed by atoms with Crippen LogP contribution in [0.4, 0.5) is 0 Å². The predicted molar refractivity (Wildman–Crippen MR) is 40.7 cm³/mol. The zero-order chi connectivity index (χ0) is 9.78. The average Bonchev–Trinajstić information content (AvgIpc) is 1.98. The van der Waals surface area contributed by atoms with E-state index in [0.717, 1.165) is 0 Å². The lowest BCUT2D eigenvalue weighted by Gasteiger charge is -2.13. The van der Waals surface area contributed by atoms with Gasteiger partial charge in [-0.1, -0.05) is 6.92 Å². The molecule has 0 unspecified atom stereocenters. The second kappa shape index (κ2) is 3.96. The molecule has 7 nitrogen and oxygen atoms in total. The molecule has 0 aromatic carbocycles. The van der Waals surface area contributed by atoms with Gasteiger partial charge >= 0.3 is 5.66 Å². The van der Waals surface area contributed by atoms with Crippen LogP contribution in [0.5, 0.6) is 0 Å².